The van der Waals surface area contributed by atoms with Crippen LogP contribution in [0, 0.1) is 5.92 Å². The van der Waals surface area contributed by atoms with Crippen LogP contribution in [0.15, 0.2) is 54.6 Å². The Labute approximate surface area is 241 Å². The van der Waals surface area contributed by atoms with Crippen LogP contribution in [-0.4, -0.2) is 63.1 Å². The van der Waals surface area contributed by atoms with E-state index < -0.39 is 12.1 Å². The first-order valence-electron chi connectivity index (χ1n) is 14.6. The SMILES string of the molecule is CCOC(=O)c1cc(-c2ccc(N3CCOCC3)cc2)c2c(n1)N(c1cccc(N3CCC(F)C3)c1)NC2C(C)C. The van der Waals surface area contributed by atoms with E-state index in [1.54, 1.807) is 6.92 Å². The largest absolute Gasteiger partial charge is 0.461 e. The van der Waals surface area contributed by atoms with Gasteiger partial charge >= 0.3 is 5.97 Å². The van der Waals surface area contributed by atoms with Gasteiger partial charge < -0.3 is 19.3 Å². The van der Waals surface area contributed by atoms with Crippen LogP contribution in [-0.2, 0) is 9.47 Å². The number of morpholine rings is 1. The van der Waals surface area contributed by atoms with E-state index in [-0.39, 0.29) is 24.3 Å². The van der Waals surface area contributed by atoms with E-state index in [0.29, 0.717) is 25.3 Å². The Morgan fingerprint density at radius 1 is 1.05 bits per heavy atom. The van der Waals surface area contributed by atoms with Crippen LogP contribution in [0.1, 0.15) is 49.3 Å². The van der Waals surface area contributed by atoms with Crippen LogP contribution >= 0.6 is 0 Å². The van der Waals surface area contributed by atoms with Gasteiger partial charge in [0, 0.05) is 43.1 Å². The highest BCUT2D eigenvalue weighted by molar-refractivity contribution is 5.92. The molecule has 41 heavy (non-hydrogen) atoms. The third kappa shape index (κ3) is 5.48. The Hall–Kier alpha value is -3.69. The molecule has 0 saturated carbocycles. The minimum Gasteiger partial charge on any atom is -0.461 e. The molecule has 6 rings (SSSR count). The number of hydrogen-bond acceptors (Lipinski definition) is 8. The van der Waals surface area contributed by atoms with Crippen LogP contribution in [0.4, 0.5) is 27.3 Å². The van der Waals surface area contributed by atoms with Crippen molar-refractivity contribution in [3.05, 3.63) is 65.9 Å². The summed E-state index contributed by atoms with van der Waals surface area (Å²) in [6.45, 7) is 10.7. The van der Waals surface area contributed by atoms with Gasteiger partial charge in [-0.05, 0) is 66.8 Å². The number of benzene rings is 2. The van der Waals surface area contributed by atoms with E-state index in [1.807, 2.05) is 29.3 Å². The summed E-state index contributed by atoms with van der Waals surface area (Å²) in [4.78, 5) is 22.3. The van der Waals surface area contributed by atoms with Crippen molar-refractivity contribution < 1.29 is 18.7 Å². The van der Waals surface area contributed by atoms with Crippen molar-refractivity contribution in [2.45, 2.75) is 39.4 Å². The molecule has 3 aliphatic heterocycles. The molecule has 0 aliphatic carbocycles. The van der Waals surface area contributed by atoms with Gasteiger partial charge in [0.1, 0.15) is 6.17 Å². The Bertz CT molecular complexity index is 1390. The van der Waals surface area contributed by atoms with Crippen molar-refractivity contribution in [1.29, 1.82) is 0 Å². The van der Waals surface area contributed by atoms with E-state index in [4.69, 9.17) is 14.5 Å². The van der Waals surface area contributed by atoms with Gasteiger partial charge in [-0.15, -0.1) is 0 Å². The first-order chi connectivity index (χ1) is 19.9. The molecule has 3 aliphatic rings. The van der Waals surface area contributed by atoms with E-state index in [1.165, 1.54) is 0 Å². The Kier molecular flexibility index (Phi) is 7.81. The zero-order valence-corrected chi connectivity index (χ0v) is 24.0. The van der Waals surface area contributed by atoms with Crippen molar-refractivity contribution in [2.24, 2.45) is 5.92 Å². The number of rotatable bonds is 7. The third-order valence-corrected chi connectivity index (χ3v) is 8.12. The van der Waals surface area contributed by atoms with Gasteiger partial charge in [0.2, 0.25) is 0 Å². The Morgan fingerprint density at radius 2 is 1.80 bits per heavy atom. The molecule has 2 fully saturated rings. The molecule has 3 aromatic rings. The maximum absolute atomic E-state index is 14.0. The first-order valence-corrected chi connectivity index (χ1v) is 14.6. The van der Waals surface area contributed by atoms with E-state index in [0.717, 1.165) is 60.1 Å². The molecule has 8 nitrogen and oxygen atoms in total. The van der Waals surface area contributed by atoms with Crippen molar-refractivity contribution in [3.63, 3.8) is 0 Å². The fourth-order valence-electron chi connectivity index (χ4n) is 5.97. The summed E-state index contributed by atoms with van der Waals surface area (Å²) in [6, 6.07) is 18.4. The quantitative estimate of drug-likeness (QED) is 0.372. The molecule has 9 heteroatoms. The number of fused-ring (bicyclic) bond motifs is 1. The summed E-state index contributed by atoms with van der Waals surface area (Å²) in [5, 5.41) is 1.97. The van der Waals surface area contributed by atoms with Crippen LogP contribution in [0.25, 0.3) is 11.1 Å². The molecular weight excluding hydrogens is 521 g/mol. The number of ether oxygens (including phenoxy) is 2. The number of esters is 1. The smallest absolute Gasteiger partial charge is 0.357 e. The number of nitrogens with zero attached hydrogens (tertiary/aromatic N) is 4. The fourth-order valence-corrected chi connectivity index (χ4v) is 5.97. The third-order valence-electron chi connectivity index (χ3n) is 8.12. The molecule has 0 radical (unpaired) electrons. The van der Waals surface area contributed by atoms with Gasteiger partial charge in [-0.25, -0.2) is 19.6 Å². The van der Waals surface area contributed by atoms with Crippen molar-refractivity contribution in [2.75, 3.05) is 60.8 Å². The topological polar surface area (TPSA) is 70.2 Å². The average Bonchev–Trinajstić information content (AvgIpc) is 3.61. The lowest BCUT2D eigenvalue weighted by atomic mass is 9.90. The number of pyridine rings is 1. The number of halogens is 1. The average molecular weight is 560 g/mol. The molecule has 4 heterocycles. The first kappa shape index (κ1) is 27.5. The zero-order valence-electron chi connectivity index (χ0n) is 24.0. The monoisotopic (exact) mass is 559 g/mol. The Morgan fingerprint density at radius 3 is 2.49 bits per heavy atom. The standard InChI is InChI=1S/C32H38FN5O3/c1-4-41-32(39)28-19-27(22-8-10-24(11-9-22)36-14-16-40-17-15-36)29-30(21(2)3)35-38(31(29)34-28)26-7-5-6-25(18-26)37-13-12-23(33)20-37/h5-11,18-19,21,23,30,35H,4,12-17,20H2,1-3H3. The molecule has 2 atom stereocenters. The number of nitrogens with one attached hydrogen (secondary N) is 1. The predicted molar refractivity (Wildman–Crippen MR) is 160 cm³/mol. The highest BCUT2D eigenvalue weighted by Gasteiger charge is 2.37. The van der Waals surface area contributed by atoms with Crippen LogP contribution in [0.3, 0.4) is 0 Å². The predicted octanol–water partition coefficient (Wildman–Crippen LogP) is 5.66. The van der Waals surface area contributed by atoms with Crippen molar-refractivity contribution >= 4 is 28.8 Å². The fraction of sp³-hybridized carbons (Fsp3) is 0.438. The lowest BCUT2D eigenvalue weighted by molar-refractivity contribution is 0.0519. The van der Waals surface area contributed by atoms with Gasteiger partial charge in [-0.1, -0.05) is 32.0 Å². The summed E-state index contributed by atoms with van der Waals surface area (Å²) in [6.07, 6.45) is -0.261. The van der Waals surface area contributed by atoms with Gasteiger partial charge in [0.25, 0.3) is 0 Å². The summed E-state index contributed by atoms with van der Waals surface area (Å²) >= 11 is 0. The van der Waals surface area contributed by atoms with Gasteiger partial charge in [0.15, 0.2) is 11.5 Å². The number of hydrazine groups is 1. The summed E-state index contributed by atoms with van der Waals surface area (Å²) in [5.74, 6) is 0.479. The number of alkyl halides is 1. The molecule has 0 bridgehead atoms. The molecule has 0 amide bonds. The number of anilines is 4. The Balaban J connectivity index is 1.44. The lowest BCUT2D eigenvalue weighted by Crippen LogP contribution is -2.36. The minimum absolute atomic E-state index is 0.0340. The normalized spacial score (nSPS) is 20.6. The molecule has 1 aromatic heterocycles. The van der Waals surface area contributed by atoms with Gasteiger partial charge in [-0.3, -0.25) is 5.01 Å². The zero-order chi connectivity index (χ0) is 28.5. The maximum atomic E-state index is 14.0. The second kappa shape index (κ2) is 11.7. The number of hydrogen-bond donors (Lipinski definition) is 1. The number of carbonyl (C=O) groups is 1. The molecule has 2 aromatic carbocycles. The minimum atomic E-state index is -0.805. The summed E-state index contributed by atoms with van der Waals surface area (Å²) < 4.78 is 24.9. The van der Waals surface area contributed by atoms with Crippen LogP contribution in [0.2, 0.25) is 0 Å². The van der Waals surface area contributed by atoms with E-state index in [2.05, 4.69) is 59.4 Å². The maximum Gasteiger partial charge on any atom is 0.357 e. The van der Waals surface area contributed by atoms with Crippen molar-refractivity contribution in [3.8, 4) is 11.1 Å². The highest BCUT2D eigenvalue weighted by Crippen LogP contribution is 2.46. The highest BCUT2D eigenvalue weighted by atomic mass is 19.1. The second-order valence-electron chi connectivity index (χ2n) is 11.2. The molecule has 2 saturated heterocycles. The lowest BCUT2D eigenvalue weighted by Gasteiger charge is -2.29. The molecule has 216 valence electrons. The van der Waals surface area contributed by atoms with Gasteiger partial charge in [-0.2, -0.15) is 0 Å². The van der Waals surface area contributed by atoms with E-state index >= 15 is 0 Å². The van der Waals surface area contributed by atoms with E-state index in [9.17, 15) is 9.18 Å². The van der Waals surface area contributed by atoms with Crippen LogP contribution in [0.5, 0.6) is 0 Å². The van der Waals surface area contributed by atoms with Crippen molar-refractivity contribution in [1.82, 2.24) is 10.4 Å². The number of aromatic nitrogens is 1. The van der Waals surface area contributed by atoms with Crippen LogP contribution < -0.4 is 20.2 Å². The molecule has 1 N–H and O–H groups in total. The number of carbonyl (C=O) groups excluding carboxylic acids is 1. The molecular formula is C32H38FN5O3. The summed E-state index contributed by atoms with van der Waals surface area (Å²) in [7, 11) is 0. The second-order valence-corrected chi connectivity index (χ2v) is 11.2. The van der Waals surface area contributed by atoms with Gasteiger partial charge in [0.05, 0.1) is 31.5 Å². The molecule has 2 unspecified atom stereocenters. The molecule has 0 spiro atoms. The summed E-state index contributed by atoms with van der Waals surface area (Å²) in [5.41, 5.74) is 9.97.